The second-order valence-electron chi connectivity index (χ2n) is 4.70. The third-order valence-electron chi connectivity index (χ3n) is 3.28. The summed E-state index contributed by atoms with van der Waals surface area (Å²) in [5, 5.41) is 0. The molecule has 1 heterocycles. The Morgan fingerprint density at radius 3 is 2.72 bits per heavy atom. The highest BCUT2D eigenvalue weighted by molar-refractivity contribution is 5.83. The van der Waals surface area contributed by atoms with Crippen LogP contribution in [0.15, 0.2) is 18.2 Å². The van der Waals surface area contributed by atoms with Crippen LogP contribution < -0.4 is 10.6 Å². The maximum absolute atomic E-state index is 14.0. The van der Waals surface area contributed by atoms with Gasteiger partial charge in [0.05, 0.1) is 12.2 Å². The third kappa shape index (κ3) is 2.31. The molecule has 1 aromatic rings. The van der Waals surface area contributed by atoms with E-state index >= 15 is 0 Å². The number of benzene rings is 1. The van der Waals surface area contributed by atoms with Crippen molar-refractivity contribution in [1.29, 1.82) is 0 Å². The summed E-state index contributed by atoms with van der Waals surface area (Å²) in [4.78, 5) is 15.1. The first-order valence-electron chi connectivity index (χ1n) is 6.03. The first-order chi connectivity index (χ1) is 8.50. The van der Waals surface area contributed by atoms with Crippen molar-refractivity contribution in [3.63, 3.8) is 0 Å². The van der Waals surface area contributed by atoms with Crippen molar-refractivity contribution >= 4 is 11.6 Å². The second kappa shape index (κ2) is 4.94. The van der Waals surface area contributed by atoms with Gasteiger partial charge in [-0.1, -0.05) is 12.1 Å². The summed E-state index contributed by atoms with van der Waals surface area (Å²) < 4.78 is 14.0. The van der Waals surface area contributed by atoms with Crippen LogP contribution >= 0.6 is 0 Å². The van der Waals surface area contributed by atoms with Crippen LogP contribution in [0.1, 0.15) is 18.5 Å². The Kier molecular flexibility index (Phi) is 3.52. The summed E-state index contributed by atoms with van der Waals surface area (Å²) >= 11 is 0. The number of amides is 1. The van der Waals surface area contributed by atoms with Crippen LogP contribution in [0.25, 0.3) is 0 Å². The molecule has 1 unspecified atom stereocenters. The van der Waals surface area contributed by atoms with Crippen LogP contribution in [0.3, 0.4) is 0 Å². The molecule has 4 nitrogen and oxygen atoms in total. The number of hydrogen-bond acceptors (Lipinski definition) is 3. The molecule has 1 atom stereocenters. The number of likely N-dealkylation sites (N-methyl/N-ethyl adjacent to an activating group) is 1. The maximum Gasteiger partial charge on any atom is 0.241 e. The smallest absolute Gasteiger partial charge is 0.241 e. The molecule has 0 aliphatic carbocycles. The number of carbonyl (C=O) groups is 1. The van der Waals surface area contributed by atoms with Crippen molar-refractivity contribution in [1.82, 2.24) is 4.90 Å². The first-order valence-corrected chi connectivity index (χ1v) is 6.03. The largest absolute Gasteiger partial charge is 0.358 e. The van der Waals surface area contributed by atoms with E-state index in [1.54, 1.807) is 22.9 Å². The van der Waals surface area contributed by atoms with Crippen molar-refractivity contribution < 1.29 is 9.18 Å². The Hall–Kier alpha value is -1.62. The Bertz CT molecular complexity index is 462. The minimum absolute atomic E-state index is 0.000118. The highest BCUT2D eigenvalue weighted by Crippen LogP contribution is 2.29. The van der Waals surface area contributed by atoms with E-state index < -0.39 is 0 Å². The molecule has 1 aromatic carbocycles. The topological polar surface area (TPSA) is 49.6 Å². The van der Waals surface area contributed by atoms with Gasteiger partial charge >= 0.3 is 0 Å². The number of hydrogen-bond donors (Lipinski definition) is 1. The molecule has 98 valence electrons. The van der Waals surface area contributed by atoms with Gasteiger partial charge in [0.25, 0.3) is 0 Å². The summed E-state index contributed by atoms with van der Waals surface area (Å²) in [6, 6.07) is 4.61. The standard InChI is InChI=1S/C13H18FN3O/c1-9(15)10-4-3-5-11(14)13(10)17-7-6-16(2)12(18)8-17/h3-5,9H,6-8,15H2,1-2H3. The molecule has 1 saturated heterocycles. The predicted molar refractivity (Wildman–Crippen MR) is 68.9 cm³/mol. The lowest BCUT2D eigenvalue weighted by atomic mass is 10.0. The fourth-order valence-corrected chi connectivity index (χ4v) is 2.18. The van der Waals surface area contributed by atoms with E-state index in [1.807, 2.05) is 13.0 Å². The molecule has 2 N–H and O–H groups in total. The summed E-state index contributed by atoms with van der Waals surface area (Å²) in [6.45, 7) is 3.25. The fourth-order valence-electron chi connectivity index (χ4n) is 2.18. The Balaban J connectivity index is 2.36. The molecule has 0 saturated carbocycles. The molecule has 1 aliphatic rings. The van der Waals surface area contributed by atoms with Crippen molar-refractivity contribution in [3.05, 3.63) is 29.6 Å². The lowest BCUT2D eigenvalue weighted by Crippen LogP contribution is -2.49. The maximum atomic E-state index is 14.0. The minimum Gasteiger partial charge on any atom is -0.358 e. The number of carbonyl (C=O) groups excluding carboxylic acids is 1. The zero-order valence-corrected chi connectivity index (χ0v) is 10.7. The first kappa shape index (κ1) is 12.8. The summed E-state index contributed by atoms with van der Waals surface area (Å²) in [5.41, 5.74) is 7.07. The van der Waals surface area contributed by atoms with Gasteiger partial charge in [0.1, 0.15) is 5.82 Å². The van der Waals surface area contributed by atoms with E-state index in [2.05, 4.69) is 0 Å². The molecule has 1 aliphatic heterocycles. The van der Waals surface area contributed by atoms with E-state index in [1.165, 1.54) is 6.07 Å². The fraction of sp³-hybridized carbons (Fsp3) is 0.462. The van der Waals surface area contributed by atoms with E-state index in [4.69, 9.17) is 5.73 Å². The molecule has 0 aromatic heterocycles. The average Bonchev–Trinajstić information content (AvgIpc) is 2.32. The van der Waals surface area contributed by atoms with E-state index in [-0.39, 0.29) is 24.3 Å². The van der Waals surface area contributed by atoms with Gasteiger partial charge in [-0.2, -0.15) is 0 Å². The lowest BCUT2D eigenvalue weighted by Gasteiger charge is -2.35. The molecule has 0 radical (unpaired) electrons. The predicted octanol–water partition coefficient (Wildman–Crippen LogP) is 1.12. The monoisotopic (exact) mass is 251 g/mol. The van der Waals surface area contributed by atoms with Crippen LogP contribution in [-0.2, 0) is 4.79 Å². The second-order valence-corrected chi connectivity index (χ2v) is 4.70. The van der Waals surface area contributed by atoms with Crippen molar-refractivity contribution in [2.24, 2.45) is 5.73 Å². The molecule has 5 heteroatoms. The van der Waals surface area contributed by atoms with Crippen LogP contribution in [0.4, 0.5) is 10.1 Å². The van der Waals surface area contributed by atoms with E-state index in [0.29, 0.717) is 18.8 Å². The zero-order chi connectivity index (χ0) is 13.3. The lowest BCUT2D eigenvalue weighted by molar-refractivity contribution is -0.129. The van der Waals surface area contributed by atoms with Crippen molar-refractivity contribution in [2.45, 2.75) is 13.0 Å². The summed E-state index contributed by atoms with van der Waals surface area (Å²) in [7, 11) is 1.76. The molecule has 18 heavy (non-hydrogen) atoms. The highest BCUT2D eigenvalue weighted by atomic mass is 19.1. The molecule has 1 fully saturated rings. The number of nitrogens with zero attached hydrogens (tertiary/aromatic N) is 2. The number of halogens is 1. The van der Waals surface area contributed by atoms with Crippen LogP contribution in [0, 0.1) is 5.82 Å². The van der Waals surface area contributed by atoms with Gasteiger partial charge in [0.2, 0.25) is 5.91 Å². The summed E-state index contributed by atoms with van der Waals surface area (Å²) in [5.74, 6) is -0.317. The van der Waals surface area contributed by atoms with Gasteiger partial charge in [-0.05, 0) is 18.6 Å². The van der Waals surface area contributed by atoms with Gasteiger partial charge < -0.3 is 15.5 Å². The molecular formula is C13H18FN3O. The average molecular weight is 251 g/mol. The number of nitrogens with two attached hydrogens (primary N) is 1. The van der Waals surface area contributed by atoms with Crippen LogP contribution in [0.2, 0.25) is 0 Å². The minimum atomic E-state index is -0.317. The van der Waals surface area contributed by atoms with Crippen molar-refractivity contribution in [2.75, 3.05) is 31.6 Å². The van der Waals surface area contributed by atoms with Crippen LogP contribution in [-0.4, -0.2) is 37.5 Å². The molecule has 0 spiro atoms. The van der Waals surface area contributed by atoms with Gasteiger partial charge in [-0.3, -0.25) is 4.79 Å². The zero-order valence-electron chi connectivity index (χ0n) is 10.7. The SMILES string of the molecule is CC(N)c1cccc(F)c1N1CCN(C)C(=O)C1. The number of anilines is 1. The van der Waals surface area contributed by atoms with Crippen molar-refractivity contribution in [3.8, 4) is 0 Å². The summed E-state index contributed by atoms with van der Waals surface area (Å²) in [6.07, 6.45) is 0. The van der Waals surface area contributed by atoms with Gasteiger partial charge in [-0.15, -0.1) is 0 Å². The Morgan fingerprint density at radius 2 is 2.11 bits per heavy atom. The van der Waals surface area contributed by atoms with E-state index in [0.717, 1.165) is 5.56 Å². The van der Waals surface area contributed by atoms with Gasteiger partial charge in [0, 0.05) is 26.2 Å². The Morgan fingerprint density at radius 1 is 1.39 bits per heavy atom. The molecule has 0 bridgehead atoms. The number of para-hydroxylation sites is 1. The molecule has 1 amide bonds. The quantitative estimate of drug-likeness (QED) is 0.857. The van der Waals surface area contributed by atoms with E-state index in [9.17, 15) is 9.18 Å². The molecular weight excluding hydrogens is 233 g/mol. The van der Waals surface area contributed by atoms with Crippen LogP contribution in [0.5, 0.6) is 0 Å². The van der Waals surface area contributed by atoms with Gasteiger partial charge in [-0.25, -0.2) is 4.39 Å². The van der Waals surface area contributed by atoms with Gasteiger partial charge in [0.15, 0.2) is 0 Å². The normalized spacial score (nSPS) is 18.1. The highest BCUT2D eigenvalue weighted by Gasteiger charge is 2.25. The molecule has 2 rings (SSSR count). The third-order valence-corrected chi connectivity index (χ3v) is 3.28. The number of rotatable bonds is 2. The Labute approximate surface area is 106 Å². The number of piperazine rings is 1.